The molecule has 0 radical (unpaired) electrons. The molecule has 1 aliphatic heterocycles. The summed E-state index contributed by atoms with van der Waals surface area (Å²) in [4.78, 5) is 13.5. The largest absolute Gasteiger partial charge is 0.465 e. The number of carbonyl (C=O) groups excluding carboxylic acids is 1. The first-order valence-corrected chi connectivity index (χ1v) is 8.40. The van der Waals surface area contributed by atoms with Gasteiger partial charge >= 0.3 is 5.97 Å². The van der Waals surface area contributed by atoms with Crippen LogP contribution in [0.2, 0.25) is 0 Å². The first-order chi connectivity index (χ1) is 9.72. The van der Waals surface area contributed by atoms with Gasteiger partial charge in [-0.2, -0.15) is 4.57 Å². The molecule has 1 aromatic carbocycles. The topological polar surface area (TPSA) is 30.2 Å². The van der Waals surface area contributed by atoms with E-state index in [0.29, 0.717) is 6.61 Å². The number of rotatable bonds is 2. The Morgan fingerprint density at radius 2 is 2.20 bits per heavy atom. The van der Waals surface area contributed by atoms with Gasteiger partial charge in [0.15, 0.2) is 12.1 Å². The third-order valence-electron chi connectivity index (χ3n) is 3.35. The molecule has 0 fully saturated rings. The lowest BCUT2D eigenvalue weighted by atomic mass is 10.1. The molecule has 3 rings (SSSR count). The molecule has 1 aliphatic rings. The second kappa shape index (κ2) is 5.58. The van der Waals surface area contributed by atoms with E-state index in [0.717, 1.165) is 10.7 Å². The Kier molecular flexibility index (Phi) is 3.81. The van der Waals surface area contributed by atoms with Gasteiger partial charge in [0, 0.05) is 11.3 Å². The number of ether oxygens (including phenoxy) is 1. The van der Waals surface area contributed by atoms with E-state index in [1.807, 2.05) is 30.6 Å². The molecule has 0 saturated heterocycles. The summed E-state index contributed by atoms with van der Waals surface area (Å²) in [6.45, 7) is 4.37. The average Bonchev–Trinajstić information content (AvgIpc) is 2.84. The Morgan fingerprint density at radius 1 is 1.40 bits per heavy atom. The van der Waals surface area contributed by atoms with Gasteiger partial charge in [0.2, 0.25) is 5.69 Å². The minimum atomic E-state index is -0.215. The van der Waals surface area contributed by atoms with Gasteiger partial charge < -0.3 is 4.74 Å². The minimum Gasteiger partial charge on any atom is -0.465 e. The lowest BCUT2D eigenvalue weighted by Gasteiger charge is -2.15. The average molecular weight is 306 g/mol. The normalized spacial score (nSPS) is 20.7. The maximum atomic E-state index is 12.3. The van der Waals surface area contributed by atoms with E-state index in [2.05, 4.69) is 23.6 Å². The number of para-hydroxylation sites is 1. The molecule has 0 spiro atoms. The van der Waals surface area contributed by atoms with Gasteiger partial charge in [0.1, 0.15) is 0 Å². The minimum absolute atomic E-state index is 0.128. The summed E-state index contributed by atoms with van der Waals surface area (Å²) < 4.78 is 7.40. The van der Waals surface area contributed by atoms with Crippen LogP contribution in [0.5, 0.6) is 0 Å². The fourth-order valence-electron chi connectivity index (χ4n) is 2.46. The molecule has 104 valence electrons. The molecule has 5 heteroatoms. The summed E-state index contributed by atoms with van der Waals surface area (Å²) in [5.74, 6) is -0.344. The SMILES string of the molecule is CCOC(=O)C1c2scc[n+]2-c2ccccc2S[C@H]1C. The van der Waals surface area contributed by atoms with Crippen molar-refractivity contribution in [3.63, 3.8) is 0 Å². The van der Waals surface area contributed by atoms with Crippen LogP contribution in [0.25, 0.3) is 5.69 Å². The van der Waals surface area contributed by atoms with E-state index in [1.165, 1.54) is 4.90 Å². The number of benzene rings is 1. The molecule has 0 amide bonds. The summed E-state index contributed by atoms with van der Waals surface area (Å²) in [6.07, 6.45) is 2.03. The Balaban J connectivity index is 2.12. The van der Waals surface area contributed by atoms with Crippen LogP contribution < -0.4 is 4.57 Å². The van der Waals surface area contributed by atoms with Crippen LogP contribution in [-0.2, 0) is 9.53 Å². The van der Waals surface area contributed by atoms with Gasteiger partial charge in [-0.25, -0.2) is 0 Å². The molecule has 0 saturated carbocycles. The van der Waals surface area contributed by atoms with E-state index in [9.17, 15) is 4.79 Å². The number of hydrogen-bond donors (Lipinski definition) is 0. The first-order valence-electron chi connectivity index (χ1n) is 6.64. The molecule has 20 heavy (non-hydrogen) atoms. The Labute approximate surface area is 126 Å². The summed E-state index contributed by atoms with van der Waals surface area (Å²) in [6, 6.07) is 8.27. The van der Waals surface area contributed by atoms with Crippen LogP contribution in [0.1, 0.15) is 24.8 Å². The van der Waals surface area contributed by atoms with Crippen LogP contribution in [0, 0.1) is 0 Å². The Hall–Kier alpha value is -1.33. The van der Waals surface area contributed by atoms with Crippen molar-refractivity contribution in [1.29, 1.82) is 0 Å². The van der Waals surface area contributed by atoms with Crippen molar-refractivity contribution >= 4 is 29.1 Å². The lowest BCUT2D eigenvalue weighted by Crippen LogP contribution is -2.37. The molecule has 1 unspecified atom stereocenters. The van der Waals surface area contributed by atoms with Gasteiger partial charge in [-0.05, 0) is 13.0 Å². The molecule has 2 atom stereocenters. The summed E-state index contributed by atoms with van der Waals surface area (Å²) in [5.41, 5.74) is 1.15. The van der Waals surface area contributed by atoms with Gasteiger partial charge in [0.05, 0.1) is 16.9 Å². The number of thiazole rings is 1. The number of carbonyl (C=O) groups is 1. The van der Waals surface area contributed by atoms with Crippen LogP contribution in [0.15, 0.2) is 40.7 Å². The monoisotopic (exact) mass is 306 g/mol. The summed E-state index contributed by atoms with van der Waals surface area (Å²) in [7, 11) is 0. The van der Waals surface area contributed by atoms with Gasteiger partial charge in [-0.15, -0.1) is 11.8 Å². The molecular weight excluding hydrogens is 290 g/mol. The maximum absolute atomic E-state index is 12.3. The number of aromatic nitrogens is 1. The fourth-order valence-corrected chi connectivity index (χ4v) is 4.81. The highest BCUT2D eigenvalue weighted by Gasteiger charge is 2.41. The van der Waals surface area contributed by atoms with E-state index in [1.54, 1.807) is 23.1 Å². The maximum Gasteiger partial charge on any atom is 0.321 e. The van der Waals surface area contributed by atoms with E-state index in [4.69, 9.17) is 4.74 Å². The van der Waals surface area contributed by atoms with Crippen molar-refractivity contribution in [2.24, 2.45) is 0 Å². The van der Waals surface area contributed by atoms with Crippen LogP contribution in [-0.4, -0.2) is 17.8 Å². The predicted molar refractivity (Wildman–Crippen MR) is 80.5 cm³/mol. The van der Waals surface area contributed by atoms with Crippen molar-refractivity contribution in [2.45, 2.75) is 29.9 Å². The molecule has 2 aromatic rings. The molecule has 0 aliphatic carbocycles. The van der Waals surface area contributed by atoms with E-state index >= 15 is 0 Å². The van der Waals surface area contributed by atoms with Crippen molar-refractivity contribution in [3.05, 3.63) is 40.8 Å². The number of esters is 1. The zero-order valence-corrected chi connectivity index (χ0v) is 13.0. The van der Waals surface area contributed by atoms with Crippen LogP contribution >= 0.6 is 23.1 Å². The zero-order valence-electron chi connectivity index (χ0n) is 11.4. The Bertz CT molecular complexity index is 638. The molecule has 3 nitrogen and oxygen atoms in total. The van der Waals surface area contributed by atoms with Crippen molar-refractivity contribution in [3.8, 4) is 5.69 Å². The van der Waals surface area contributed by atoms with E-state index in [-0.39, 0.29) is 17.1 Å². The van der Waals surface area contributed by atoms with Gasteiger partial charge in [-0.3, -0.25) is 4.79 Å². The molecule has 0 bridgehead atoms. The highest BCUT2D eigenvalue weighted by atomic mass is 32.2. The third-order valence-corrected chi connectivity index (χ3v) is 5.54. The number of thioether (sulfide) groups is 1. The van der Waals surface area contributed by atoms with Crippen molar-refractivity contribution in [1.82, 2.24) is 0 Å². The molecular formula is C15H16NO2S2+. The van der Waals surface area contributed by atoms with Gasteiger partial charge in [-0.1, -0.05) is 30.4 Å². The second-order valence-corrected chi connectivity index (χ2v) is 6.98. The second-order valence-electron chi connectivity index (χ2n) is 4.63. The zero-order chi connectivity index (χ0) is 14.1. The highest BCUT2D eigenvalue weighted by molar-refractivity contribution is 8.00. The van der Waals surface area contributed by atoms with Gasteiger partial charge in [0.25, 0.3) is 5.01 Å². The van der Waals surface area contributed by atoms with Crippen molar-refractivity contribution < 1.29 is 14.1 Å². The fraction of sp³-hybridized carbons (Fsp3) is 0.333. The van der Waals surface area contributed by atoms with Crippen LogP contribution in [0.3, 0.4) is 0 Å². The lowest BCUT2D eigenvalue weighted by molar-refractivity contribution is -0.601. The molecule has 1 aromatic heterocycles. The number of fused-ring (bicyclic) bond motifs is 3. The third kappa shape index (κ3) is 2.25. The first kappa shape index (κ1) is 13.6. The smallest absolute Gasteiger partial charge is 0.321 e. The van der Waals surface area contributed by atoms with E-state index < -0.39 is 0 Å². The standard InChI is InChI=1S/C15H16NO2S2/c1-3-18-15(17)13-10(2)20-12-7-5-4-6-11(12)16-8-9-19-14(13)16/h4-10,13H,3H2,1-2H3/q+1/t10-,13?/m0/s1. The molecule has 2 heterocycles. The van der Waals surface area contributed by atoms with Crippen molar-refractivity contribution in [2.75, 3.05) is 6.61 Å². The van der Waals surface area contributed by atoms with Crippen LogP contribution in [0.4, 0.5) is 0 Å². The molecule has 0 N–H and O–H groups in total. The number of nitrogens with zero attached hydrogens (tertiary/aromatic N) is 1. The number of hydrogen-bond acceptors (Lipinski definition) is 4. The Morgan fingerprint density at radius 3 is 3.00 bits per heavy atom. The predicted octanol–water partition coefficient (Wildman–Crippen LogP) is 3.17. The highest BCUT2D eigenvalue weighted by Crippen LogP contribution is 2.39. The summed E-state index contributed by atoms with van der Waals surface area (Å²) in [5, 5.41) is 3.23. The summed E-state index contributed by atoms with van der Waals surface area (Å²) >= 11 is 3.36. The quantitative estimate of drug-likeness (QED) is 0.630.